The first-order chi connectivity index (χ1) is 11.6. The van der Waals surface area contributed by atoms with Crippen molar-refractivity contribution in [2.45, 2.75) is 6.42 Å². The number of benzene rings is 2. The summed E-state index contributed by atoms with van der Waals surface area (Å²) in [4.78, 5) is 11.3. The standard InChI is InChI=1S/C18H15FO5/c19-12-2-4-13(5-3-12)22-8-1-9-23-14-6-7-15-16(20)11-18(21)24-17(15)10-14/h2-7,10-11,20H,1,8-9H2. The molecule has 5 nitrogen and oxygen atoms in total. The molecule has 24 heavy (non-hydrogen) atoms. The summed E-state index contributed by atoms with van der Waals surface area (Å²) < 4.78 is 28.8. The van der Waals surface area contributed by atoms with Gasteiger partial charge in [0.05, 0.1) is 24.7 Å². The predicted molar refractivity (Wildman–Crippen MR) is 86.2 cm³/mol. The van der Waals surface area contributed by atoms with Crippen LogP contribution < -0.4 is 15.1 Å². The lowest BCUT2D eigenvalue weighted by Gasteiger charge is -2.08. The minimum Gasteiger partial charge on any atom is -0.507 e. The van der Waals surface area contributed by atoms with Gasteiger partial charge in [0.2, 0.25) is 0 Å². The molecule has 0 radical (unpaired) electrons. The van der Waals surface area contributed by atoms with Crippen LogP contribution in [0.3, 0.4) is 0 Å². The molecule has 1 aromatic heterocycles. The molecule has 0 amide bonds. The van der Waals surface area contributed by atoms with E-state index in [1.807, 2.05) is 0 Å². The second-order valence-corrected chi connectivity index (χ2v) is 5.11. The third kappa shape index (κ3) is 3.84. The van der Waals surface area contributed by atoms with Gasteiger partial charge in [-0.05, 0) is 36.4 Å². The van der Waals surface area contributed by atoms with Crippen LogP contribution in [0.4, 0.5) is 4.39 Å². The van der Waals surface area contributed by atoms with Crippen molar-refractivity contribution in [1.29, 1.82) is 0 Å². The molecule has 0 fully saturated rings. The SMILES string of the molecule is O=c1cc(O)c2ccc(OCCCOc3ccc(F)cc3)cc2o1. The average molecular weight is 330 g/mol. The molecule has 0 bridgehead atoms. The van der Waals surface area contributed by atoms with Crippen LogP contribution in [-0.2, 0) is 0 Å². The molecule has 2 aromatic carbocycles. The van der Waals surface area contributed by atoms with Gasteiger partial charge in [-0.2, -0.15) is 0 Å². The molecule has 3 aromatic rings. The van der Waals surface area contributed by atoms with Gasteiger partial charge in [-0.3, -0.25) is 0 Å². The molecule has 3 rings (SSSR count). The first-order valence-electron chi connectivity index (χ1n) is 7.40. The van der Waals surface area contributed by atoms with Crippen molar-refractivity contribution >= 4 is 11.0 Å². The van der Waals surface area contributed by atoms with Crippen molar-refractivity contribution < 1.29 is 23.4 Å². The zero-order valence-corrected chi connectivity index (χ0v) is 12.7. The van der Waals surface area contributed by atoms with Gasteiger partial charge in [0.1, 0.15) is 28.6 Å². The van der Waals surface area contributed by atoms with E-state index in [2.05, 4.69) is 0 Å². The lowest BCUT2D eigenvalue weighted by Crippen LogP contribution is -2.05. The Morgan fingerprint density at radius 3 is 2.38 bits per heavy atom. The Bertz CT molecular complexity index is 886. The van der Waals surface area contributed by atoms with Crippen LogP contribution in [-0.4, -0.2) is 18.3 Å². The molecule has 6 heteroatoms. The summed E-state index contributed by atoms with van der Waals surface area (Å²) >= 11 is 0. The fraction of sp³-hybridized carbons (Fsp3) is 0.167. The Kier molecular flexibility index (Phi) is 4.65. The van der Waals surface area contributed by atoms with Gasteiger partial charge in [-0.1, -0.05) is 0 Å². The molecule has 0 unspecified atom stereocenters. The normalized spacial score (nSPS) is 10.7. The average Bonchev–Trinajstić information content (AvgIpc) is 2.56. The Balaban J connectivity index is 1.52. The maximum Gasteiger partial charge on any atom is 0.339 e. The maximum atomic E-state index is 12.8. The van der Waals surface area contributed by atoms with Crippen LogP contribution in [0.1, 0.15) is 6.42 Å². The zero-order chi connectivity index (χ0) is 16.9. The van der Waals surface area contributed by atoms with Crippen LogP contribution in [0, 0.1) is 5.82 Å². The molecule has 0 saturated carbocycles. The first-order valence-corrected chi connectivity index (χ1v) is 7.40. The first kappa shape index (κ1) is 15.9. The second kappa shape index (κ2) is 7.04. The molecule has 1 heterocycles. The van der Waals surface area contributed by atoms with E-state index in [9.17, 15) is 14.3 Å². The summed E-state index contributed by atoms with van der Waals surface area (Å²) in [6.07, 6.45) is 0.624. The largest absolute Gasteiger partial charge is 0.507 e. The summed E-state index contributed by atoms with van der Waals surface area (Å²) in [5.41, 5.74) is -0.357. The number of hydrogen-bond donors (Lipinski definition) is 1. The molecule has 0 aliphatic heterocycles. The van der Waals surface area contributed by atoms with Crippen LogP contribution in [0.25, 0.3) is 11.0 Å². The minimum absolute atomic E-state index is 0.125. The Labute approximate surface area is 136 Å². The molecule has 1 N–H and O–H groups in total. The lowest BCUT2D eigenvalue weighted by molar-refractivity contribution is 0.247. The minimum atomic E-state index is -0.621. The van der Waals surface area contributed by atoms with Gasteiger partial charge in [0.15, 0.2) is 0 Å². The van der Waals surface area contributed by atoms with Gasteiger partial charge >= 0.3 is 5.63 Å². The van der Waals surface area contributed by atoms with Crippen LogP contribution >= 0.6 is 0 Å². The highest BCUT2D eigenvalue weighted by Gasteiger charge is 2.06. The van der Waals surface area contributed by atoms with Crippen LogP contribution in [0.5, 0.6) is 17.2 Å². The molecule has 0 saturated heterocycles. The van der Waals surface area contributed by atoms with Crippen molar-refractivity contribution in [3.63, 3.8) is 0 Å². The van der Waals surface area contributed by atoms with Gasteiger partial charge < -0.3 is 19.0 Å². The molecule has 0 spiro atoms. The maximum absolute atomic E-state index is 12.8. The van der Waals surface area contributed by atoms with E-state index in [0.29, 0.717) is 36.5 Å². The highest BCUT2D eigenvalue weighted by Crippen LogP contribution is 2.26. The zero-order valence-electron chi connectivity index (χ0n) is 12.7. The van der Waals surface area contributed by atoms with Crippen molar-refractivity contribution in [3.8, 4) is 17.2 Å². The third-order valence-electron chi connectivity index (χ3n) is 3.33. The molecule has 0 atom stereocenters. The fourth-order valence-electron chi connectivity index (χ4n) is 2.19. The Morgan fingerprint density at radius 1 is 0.958 bits per heavy atom. The predicted octanol–water partition coefficient (Wildman–Crippen LogP) is 3.49. The number of hydrogen-bond acceptors (Lipinski definition) is 5. The third-order valence-corrected chi connectivity index (χ3v) is 3.33. The van der Waals surface area contributed by atoms with Gasteiger partial charge in [0.25, 0.3) is 0 Å². The number of rotatable bonds is 6. The van der Waals surface area contributed by atoms with Gasteiger partial charge in [0, 0.05) is 12.5 Å². The smallest absolute Gasteiger partial charge is 0.339 e. The van der Waals surface area contributed by atoms with Gasteiger partial charge in [-0.25, -0.2) is 9.18 Å². The van der Waals surface area contributed by atoms with E-state index < -0.39 is 5.63 Å². The number of aromatic hydroxyl groups is 1. The highest BCUT2D eigenvalue weighted by atomic mass is 19.1. The number of ether oxygens (including phenoxy) is 2. The van der Waals surface area contributed by atoms with Crippen LogP contribution in [0.2, 0.25) is 0 Å². The van der Waals surface area contributed by atoms with E-state index in [4.69, 9.17) is 13.9 Å². The molecule has 0 aliphatic carbocycles. The molecule has 0 aliphatic rings. The summed E-state index contributed by atoms with van der Waals surface area (Å²) in [5.74, 6) is 0.692. The Hall–Kier alpha value is -3.02. The fourth-order valence-corrected chi connectivity index (χ4v) is 2.19. The van der Waals surface area contributed by atoms with E-state index in [0.717, 1.165) is 6.07 Å². The lowest BCUT2D eigenvalue weighted by atomic mass is 10.2. The van der Waals surface area contributed by atoms with E-state index in [-0.39, 0.29) is 17.1 Å². The summed E-state index contributed by atoms with van der Waals surface area (Å²) in [5, 5.41) is 10.1. The van der Waals surface area contributed by atoms with Crippen molar-refractivity contribution in [1.82, 2.24) is 0 Å². The Morgan fingerprint density at radius 2 is 1.62 bits per heavy atom. The molecular weight excluding hydrogens is 315 g/mol. The summed E-state index contributed by atoms with van der Waals surface area (Å²) in [6, 6.07) is 11.7. The number of fused-ring (bicyclic) bond motifs is 1. The van der Waals surface area contributed by atoms with Gasteiger partial charge in [-0.15, -0.1) is 0 Å². The quantitative estimate of drug-likeness (QED) is 0.553. The van der Waals surface area contributed by atoms with Crippen molar-refractivity contribution in [3.05, 3.63) is 64.8 Å². The molecule has 124 valence electrons. The molecular formula is C18H15FO5. The summed E-state index contributed by atoms with van der Waals surface area (Å²) in [6.45, 7) is 0.824. The number of halogens is 1. The van der Waals surface area contributed by atoms with Crippen LogP contribution in [0.15, 0.2) is 57.7 Å². The van der Waals surface area contributed by atoms with Crippen molar-refractivity contribution in [2.24, 2.45) is 0 Å². The monoisotopic (exact) mass is 330 g/mol. The van der Waals surface area contributed by atoms with E-state index in [1.165, 1.54) is 12.1 Å². The second-order valence-electron chi connectivity index (χ2n) is 5.11. The highest BCUT2D eigenvalue weighted by molar-refractivity contribution is 5.83. The summed E-state index contributed by atoms with van der Waals surface area (Å²) in [7, 11) is 0. The van der Waals surface area contributed by atoms with Crippen molar-refractivity contribution in [2.75, 3.05) is 13.2 Å². The van der Waals surface area contributed by atoms with E-state index in [1.54, 1.807) is 30.3 Å². The van der Waals surface area contributed by atoms with E-state index >= 15 is 0 Å². The topological polar surface area (TPSA) is 68.9 Å².